The molecule has 0 bridgehead atoms. The number of benzene rings is 2. The maximum atomic E-state index is 13.0. The molecule has 2 saturated heterocycles. The Morgan fingerprint density at radius 1 is 0.852 bits per heavy atom. The fourth-order valence-electron chi connectivity index (χ4n) is 3.21. The molecule has 2 amide bonds. The Bertz CT molecular complexity index is 868. The number of amides is 2. The van der Waals surface area contributed by atoms with E-state index in [0.717, 1.165) is 47.6 Å². The maximum Gasteiger partial charge on any atom is 0.293 e. The highest BCUT2D eigenvalue weighted by Crippen LogP contribution is 2.41. The summed E-state index contributed by atoms with van der Waals surface area (Å²) in [4.78, 5) is 29.7. The van der Waals surface area contributed by atoms with Gasteiger partial charge in [0, 0.05) is 18.8 Å². The summed E-state index contributed by atoms with van der Waals surface area (Å²) in [5, 5.41) is 0.765. The van der Waals surface area contributed by atoms with Crippen molar-refractivity contribution in [2.45, 2.75) is 19.5 Å². The van der Waals surface area contributed by atoms with Gasteiger partial charge in [0.1, 0.15) is 4.91 Å². The Balaban J connectivity index is 1.58. The SMILES string of the molecule is O=C1S/C(=C2\SCCCN2Cc2ccccc2)C(=O)N1Cc1ccccc1. The van der Waals surface area contributed by atoms with Crippen molar-refractivity contribution in [3.63, 3.8) is 0 Å². The van der Waals surface area contributed by atoms with E-state index in [1.807, 2.05) is 48.5 Å². The molecule has 2 aliphatic heterocycles. The zero-order chi connectivity index (χ0) is 18.6. The lowest BCUT2D eigenvalue weighted by atomic mass is 10.2. The van der Waals surface area contributed by atoms with Crippen LogP contribution in [0.25, 0.3) is 0 Å². The monoisotopic (exact) mass is 396 g/mol. The van der Waals surface area contributed by atoms with Crippen LogP contribution in [0.3, 0.4) is 0 Å². The standard InChI is InChI=1S/C21H20N2O2S2/c24-19-18(27-21(25)23(19)15-17-10-5-2-6-11-17)20-22(12-7-13-26-20)14-16-8-3-1-4-9-16/h1-6,8-11H,7,12-15H2/b20-18-. The Morgan fingerprint density at radius 2 is 1.48 bits per heavy atom. The van der Waals surface area contributed by atoms with Crippen molar-refractivity contribution in [1.82, 2.24) is 9.80 Å². The average molecular weight is 397 g/mol. The van der Waals surface area contributed by atoms with Crippen LogP contribution in [0.5, 0.6) is 0 Å². The average Bonchev–Trinajstić information content (AvgIpc) is 2.98. The van der Waals surface area contributed by atoms with Gasteiger partial charge >= 0.3 is 0 Å². The Hall–Kier alpha value is -2.18. The van der Waals surface area contributed by atoms with E-state index in [0.29, 0.717) is 11.4 Å². The molecule has 0 saturated carbocycles. The van der Waals surface area contributed by atoms with Gasteiger partial charge in [-0.3, -0.25) is 14.5 Å². The quantitative estimate of drug-likeness (QED) is 0.701. The molecule has 0 spiro atoms. The van der Waals surface area contributed by atoms with Crippen LogP contribution in [0.4, 0.5) is 4.79 Å². The predicted octanol–water partition coefficient (Wildman–Crippen LogP) is 4.69. The summed E-state index contributed by atoms with van der Waals surface area (Å²) in [6, 6.07) is 19.9. The second-order valence-corrected chi connectivity index (χ2v) is 8.53. The molecule has 0 unspecified atom stereocenters. The van der Waals surface area contributed by atoms with Crippen LogP contribution in [0.2, 0.25) is 0 Å². The summed E-state index contributed by atoms with van der Waals surface area (Å²) in [5.41, 5.74) is 2.17. The highest BCUT2D eigenvalue weighted by atomic mass is 32.2. The zero-order valence-electron chi connectivity index (χ0n) is 14.8. The molecule has 0 aromatic heterocycles. The van der Waals surface area contributed by atoms with E-state index in [2.05, 4.69) is 17.0 Å². The maximum absolute atomic E-state index is 13.0. The van der Waals surface area contributed by atoms with E-state index in [-0.39, 0.29) is 11.1 Å². The van der Waals surface area contributed by atoms with Crippen LogP contribution in [0.15, 0.2) is 70.6 Å². The molecule has 138 valence electrons. The lowest BCUT2D eigenvalue weighted by Gasteiger charge is -2.31. The molecule has 2 aliphatic rings. The zero-order valence-corrected chi connectivity index (χ0v) is 16.5. The largest absolute Gasteiger partial charge is 0.361 e. The Morgan fingerprint density at radius 3 is 2.15 bits per heavy atom. The summed E-state index contributed by atoms with van der Waals surface area (Å²) in [5.74, 6) is 0.807. The number of nitrogens with zero attached hydrogens (tertiary/aromatic N) is 2. The van der Waals surface area contributed by atoms with Crippen molar-refractivity contribution in [2.75, 3.05) is 12.3 Å². The molecule has 2 fully saturated rings. The minimum atomic E-state index is -0.183. The minimum Gasteiger partial charge on any atom is -0.361 e. The van der Waals surface area contributed by atoms with Gasteiger partial charge in [0.05, 0.1) is 11.6 Å². The number of rotatable bonds is 4. The molecule has 0 atom stereocenters. The third-order valence-corrected chi connectivity index (χ3v) is 6.87. The van der Waals surface area contributed by atoms with Gasteiger partial charge in [0.2, 0.25) is 0 Å². The van der Waals surface area contributed by atoms with Crippen LogP contribution < -0.4 is 0 Å². The molecule has 4 nitrogen and oxygen atoms in total. The van der Waals surface area contributed by atoms with E-state index >= 15 is 0 Å². The van der Waals surface area contributed by atoms with Crippen molar-refractivity contribution < 1.29 is 9.59 Å². The molecule has 2 aromatic carbocycles. The second-order valence-electron chi connectivity index (χ2n) is 6.49. The highest BCUT2D eigenvalue weighted by molar-refractivity contribution is 8.19. The smallest absolute Gasteiger partial charge is 0.293 e. The Kier molecular flexibility index (Phi) is 5.55. The summed E-state index contributed by atoms with van der Waals surface area (Å²) in [7, 11) is 0. The van der Waals surface area contributed by atoms with Crippen LogP contribution in [0.1, 0.15) is 17.5 Å². The van der Waals surface area contributed by atoms with E-state index < -0.39 is 0 Å². The summed E-state index contributed by atoms with van der Waals surface area (Å²) in [6.45, 7) is 1.99. The van der Waals surface area contributed by atoms with Crippen molar-refractivity contribution in [3.8, 4) is 0 Å². The van der Waals surface area contributed by atoms with Crippen molar-refractivity contribution >= 4 is 34.7 Å². The lowest BCUT2D eigenvalue weighted by Crippen LogP contribution is -2.31. The van der Waals surface area contributed by atoms with Gasteiger partial charge in [-0.25, -0.2) is 0 Å². The van der Waals surface area contributed by atoms with Crippen molar-refractivity contribution in [3.05, 3.63) is 81.7 Å². The number of imide groups is 1. The van der Waals surface area contributed by atoms with Crippen LogP contribution in [-0.2, 0) is 17.9 Å². The molecule has 0 radical (unpaired) electrons. The molecule has 27 heavy (non-hydrogen) atoms. The highest BCUT2D eigenvalue weighted by Gasteiger charge is 2.39. The van der Waals surface area contributed by atoms with Gasteiger partial charge in [0.15, 0.2) is 0 Å². The van der Waals surface area contributed by atoms with E-state index in [1.54, 1.807) is 11.8 Å². The van der Waals surface area contributed by atoms with Crippen LogP contribution in [-0.4, -0.2) is 33.2 Å². The molecule has 2 aromatic rings. The molecule has 0 aliphatic carbocycles. The predicted molar refractivity (Wildman–Crippen MR) is 111 cm³/mol. The van der Waals surface area contributed by atoms with Gasteiger partial charge in [-0.1, -0.05) is 60.7 Å². The first-order valence-electron chi connectivity index (χ1n) is 8.96. The number of carbonyl (C=O) groups excluding carboxylic acids is 2. The van der Waals surface area contributed by atoms with Gasteiger partial charge in [0.25, 0.3) is 11.1 Å². The van der Waals surface area contributed by atoms with Crippen molar-refractivity contribution in [1.29, 1.82) is 0 Å². The fraction of sp³-hybridized carbons (Fsp3) is 0.238. The van der Waals surface area contributed by atoms with Gasteiger partial charge in [-0.2, -0.15) is 0 Å². The summed E-state index contributed by atoms with van der Waals surface area (Å²) in [6.07, 6.45) is 1.08. The first kappa shape index (κ1) is 18.2. The topological polar surface area (TPSA) is 40.6 Å². The number of carbonyl (C=O) groups is 2. The molecule has 0 N–H and O–H groups in total. The number of hydrogen-bond donors (Lipinski definition) is 0. The molecule has 4 rings (SSSR count). The van der Waals surface area contributed by atoms with Crippen LogP contribution in [0, 0.1) is 0 Å². The second kappa shape index (κ2) is 8.23. The number of thioether (sulfide) groups is 2. The fourth-order valence-corrected chi connectivity index (χ4v) is 5.38. The van der Waals surface area contributed by atoms with E-state index in [9.17, 15) is 9.59 Å². The third-order valence-electron chi connectivity index (χ3n) is 4.54. The van der Waals surface area contributed by atoms with Gasteiger partial charge in [-0.05, 0) is 29.3 Å². The van der Waals surface area contributed by atoms with E-state index in [4.69, 9.17) is 0 Å². The lowest BCUT2D eigenvalue weighted by molar-refractivity contribution is -0.123. The molecule has 2 heterocycles. The van der Waals surface area contributed by atoms with Gasteiger partial charge in [-0.15, -0.1) is 11.8 Å². The molecule has 6 heteroatoms. The first-order chi connectivity index (χ1) is 13.2. The van der Waals surface area contributed by atoms with Crippen LogP contribution >= 0.6 is 23.5 Å². The molecular weight excluding hydrogens is 376 g/mol. The normalized spacial score (nSPS) is 20.4. The van der Waals surface area contributed by atoms with E-state index in [1.165, 1.54) is 10.5 Å². The van der Waals surface area contributed by atoms with Gasteiger partial charge < -0.3 is 4.90 Å². The number of hydrogen-bond acceptors (Lipinski definition) is 5. The summed E-state index contributed by atoms with van der Waals surface area (Å²) < 4.78 is 0. The third kappa shape index (κ3) is 4.06. The minimum absolute atomic E-state index is 0.170. The first-order valence-corrected chi connectivity index (χ1v) is 10.8. The Labute approximate surface area is 167 Å². The summed E-state index contributed by atoms with van der Waals surface area (Å²) >= 11 is 2.76. The van der Waals surface area contributed by atoms with Crippen molar-refractivity contribution in [2.24, 2.45) is 0 Å². The molecular formula is C21H20N2O2S2.